The second-order valence-corrected chi connectivity index (χ2v) is 12.2. The summed E-state index contributed by atoms with van der Waals surface area (Å²) in [5.41, 5.74) is 0.859. The molecule has 0 N–H and O–H groups in total. The minimum absolute atomic E-state index is 0.0000000175. The predicted octanol–water partition coefficient (Wildman–Crippen LogP) is 5.97. The van der Waals surface area contributed by atoms with Crippen molar-refractivity contribution in [3.63, 3.8) is 0 Å². The number of ether oxygens (including phenoxy) is 1. The molecule has 0 radical (unpaired) electrons. The van der Waals surface area contributed by atoms with E-state index < -0.39 is 11.7 Å². The molecular weight excluding hydrogens is 549 g/mol. The first kappa shape index (κ1) is 28.5. The highest BCUT2D eigenvalue weighted by atomic mass is 35.5. The van der Waals surface area contributed by atoms with Gasteiger partial charge in [-0.05, 0) is 69.2 Å². The monoisotopic (exact) mass is 579 g/mol. The van der Waals surface area contributed by atoms with Crippen molar-refractivity contribution in [2.24, 2.45) is 5.92 Å². The molecule has 2 heterocycles. The lowest BCUT2D eigenvalue weighted by Gasteiger charge is -2.46. The number of carbonyl (C=O) groups excluding carboxylic acids is 3. The lowest BCUT2D eigenvalue weighted by atomic mass is 9.84. The molecule has 0 spiro atoms. The van der Waals surface area contributed by atoms with Crippen molar-refractivity contribution in [1.29, 1.82) is 0 Å². The second-order valence-electron chi connectivity index (χ2n) is 10.9. The van der Waals surface area contributed by atoms with Gasteiger partial charge in [-0.2, -0.15) is 0 Å². The van der Waals surface area contributed by atoms with Gasteiger partial charge in [0, 0.05) is 55.8 Å². The van der Waals surface area contributed by atoms with Gasteiger partial charge >= 0.3 is 6.09 Å². The molecule has 7 nitrogen and oxygen atoms in total. The summed E-state index contributed by atoms with van der Waals surface area (Å²) in [6.07, 6.45) is 0.186. The number of likely N-dealkylation sites (N-methyl/N-ethyl adjacent to an activating group) is 1. The number of hydrogen-bond acceptors (Lipinski definition) is 4. The molecule has 2 aromatic rings. The fourth-order valence-electron chi connectivity index (χ4n) is 4.99. The molecule has 2 fully saturated rings. The molecule has 2 saturated heterocycles. The zero-order chi connectivity index (χ0) is 27.8. The van der Waals surface area contributed by atoms with Crippen LogP contribution in [0.1, 0.15) is 49.0 Å². The standard InChI is InChI=1S/C28H32Cl3N3O4/c1-28(2,3)38-27(37)34-14-19(15-34)26(36)33-12-11-24(21(16-33)18-7-10-22(30)23(31)13-18)32(4)25(35)17-5-8-20(29)9-6-17/h5-10,13,19,21,24H,11-12,14-16H2,1-4H3/t21-,24+/m0/s1. The molecule has 3 amide bonds. The van der Waals surface area contributed by atoms with Crippen molar-refractivity contribution in [3.05, 3.63) is 68.7 Å². The molecular formula is C28H32Cl3N3O4. The van der Waals surface area contributed by atoms with Crippen molar-refractivity contribution in [2.45, 2.75) is 44.8 Å². The smallest absolute Gasteiger partial charge is 0.410 e. The van der Waals surface area contributed by atoms with Crippen LogP contribution in [0.2, 0.25) is 15.1 Å². The molecule has 0 unspecified atom stereocenters. The van der Waals surface area contributed by atoms with Crippen LogP contribution >= 0.6 is 34.8 Å². The summed E-state index contributed by atoms with van der Waals surface area (Å²) in [5.74, 6) is -0.573. The number of likely N-dealkylation sites (tertiary alicyclic amines) is 2. The first-order valence-corrected chi connectivity index (χ1v) is 13.7. The summed E-state index contributed by atoms with van der Waals surface area (Å²) in [6.45, 7) is 7.03. The number of benzene rings is 2. The van der Waals surface area contributed by atoms with Gasteiger partial charge in [-0.25, -0.2) is 4.79 Å². The van der Waals surface area contributed by atoms with E-state index in [1.807, 2.05) is 37.8 Å². The van der Waals surface area contributed by atoms with Crippen molar-refractivity contribution in [2.75, 3.05) is 33.2 Å². The van der Waals surface area contributed by atoms with E-state index >= 15 is 0 Å². The van der Waals surface area contributed by atoms with Crippen molar-refractivity contribution < 1.29 is 19.1 Å². The minimum atomic E-state index is -0.587. The van der Waals surface area contributed by atoms with Crippen LogP contribution in [0, 0.1) is 5.92 Å². The van der Waals surface area contributed by atoms with E-state index in [2.05, 4.69) is 0 Å². The molecule has 2 aliphatic heterocycles. The van der Waals surface area contributed by atoms with Crippen LogP contribution in [0.15, 0.2) is 42.5 Å². The maximum Gasteiger partial charge on any atom is 0.410 e. The molecule has 38 heavy (non-hydrogen) atoms. The average Bonchev–Trinajstić information content (AvgIpc) is 2.83. The molecule has 0 aliphatic carbocycles. The topological polar surface area (TPSA) is 70.2 Å². The number of rotatable bonds is 4. The summed E-state index contributed by atoms with van der Waals surface area (Å²) in [5, 5.41) is 1.42. The summed E-state index contributed by atoms with van der Waals surface area (Å²) in [7, 11) is 1.79. The Morgan fingerprint density at radius 2 is 1.58 bits per heavy atom. The third-order valence-electron chi connectivity index (χ3n) is 7.05. The molecule has 0 saturated carbocycles. The maximum atomic E-state index is 13.4. The Balaban J connectivity index is 1.50. The van der Waals surface area contributed by atoms with Gasteiger partial charge in [-0.1, -0.05) is 40.9 Å². The summed E-state index contributed by atoms with van der Waals surface area (Å²) >= 11 is 18.5. The molecule has 204 valence electrons. The van der Waals surface area contributed by atoms with Crippen molar-refractivity contribution in [1.82, 2.24) is 14.7 Å². The number of halogens is 3. The number of piperidine rings is 1. The van der Waals surface area contributed by atoms with Crippen LogP contribution < -0.4 is 0 Å². The molecule has 4 rings (SSSR count). The largest absolute Gasteiger partial charge is 0.444 e. The highest BCUT2D eigenvalue weighted by molar-refractivity contribution is 6.42. The van der Waals surface area contributed by atoms with Gasteiger partial charge in [0.05, 0.1) is 16.0 Å². The normalized spacial score (nSPS) is 20.1. The van der Waals surface area contributed by atoms with E-state index in [0.29, 0.717) is 53.2 Å². The van der Waals surface area contributed by atoms with Crippen LogP contribution in [0.5, 0.6) is 0 Å². The van der Waals surface area contributed by atoms with Gasteiger partial charge < -0.3 is 19.4 Å². The molecule has 2 aromatic carbocycles. The zero-order valence-electron chi connectivity index (χ0n) is 21.9. The van der Waals surface area contributed by atoms with E-state index in [9.17, 15) is 14.4 Å². The fourth-order valence-corrected chi connectivity index (χ4v) is 5.42. The van der Waals surface area contributed by atoms with Gasteiger partial charge in [0.2, 0.25) is 5.91 Å². The lowest BCUT2D eigenvalue weighted by Crippen LogP contribution is -2.59. The molecule has 0 bridgehead atoms. The van der Waals surface area contributed by atoms with Crippen molar-refractivity contribution in [3.8, 4) is 0 Å². The van der Waals surface area contributed by atoms with Crippen molar-refractivity contribution >= 4 is 52.7 Å². The molecule has 2 aliphatic rings. The van der Waals surface area contributed by atoms with Crippen LogP contribution in [-0.4, -0.2) is 77.5 Å². The molecule has 0 aromatic heterocycles. The Morgan fingerprint density at radius 3 is 2.18 bits per heavy atom. The number of amides is 3. The fraction of sp³-hybridized carbons (Fsp3) is 0.464. The molecule has 10 heteroatoms. The Labute approximate surface area is 238 Å². The van der Waals surface area contributed by atoms with E-state index in [4.69, 9.17) is 39.5 Å². The van der Waals surface area contributed by atoms with Crippen LogP contribution in [0.4, 0.5) is 4.79 Å². The Kier molecular flexibility index (Phi) is 8.50. The van der Waals surface area contributed by atoms with E-state index in [1.165, 1.54) is 0 Å². The lowest BCUT2D eigenvalue weighted by molar-refractivity contribution is -0.142. The summed E-state index contributed by atoms with van der Waals surface area (Å²) < 4.78 is 5.41. The SMILES string of the molecule is CN(C(=O)c1ccc(Cl)cc1)[C@@H]1CCN(C(=O)C2CN(C(=O)OC(C)(C)C)C2)C[C@H]1c1ccc(Cl)c(Cl)c1. The van der Waals surface area contributed by atoms with E-state index in [0.717, 1.165) is 5.56 Å². The molecule has 2 atom stereocenters. The Morgan fingerprint density at radius 1 is 0.921 bits per heavy atom. The highest BCUT2D eigenvalue weighted by Crippen LogP contribution is 2.35. The van der Waals surface area contributed by atoms with Gasteiger partial charge in [-0.3, -0.25) is 9.59 Å². The quantitative estimate of drug-likeness (QED) is 0.447. The summed E-state index contributed by atoms with van der Waals surface area (Å²) in [6, 6.07) is 12.1. The van der Waals surface area contributed by atoms with Crippen LogP contribution in [-0.2, 0) is 9.53 Å². The van der Waals surface area contributed by atoms with Gasteiger partial charge in [0.1, 0.15) is 5.60 Å². The van der Waals surface area contributed by atoms with Crippen LogP contribution in [0.25, 0.3) is 0 Å². The Bertz CT molecular complexity index is 1210. The zero-order valence-corrected chi connectivity index (χ0v) is 24.2. The first-order valence-electron chi connectivity index (χ1n) is 12.6. The van der Waals surface area contributed by atoms with Gasteiger partial charge in [0.25, 0.3) is 5.91 Å². The predicted molar refractivity (Wildman–Crippen MR) is 149 cm³/mol. The third-order valence-corrected chi connectivity index (χ3v) is 8.04. The average molecular weight is 581 g/mol. The number of nitrogens with zero attached hydrogens (tertiary/aromatic N) is 3. The second kappa shape index (κ2) is 11.3. The first-order chi connectivity index (χ1) is 17.8. The minimum Gasteiger partial charge on any atom is -0.444 e. The number of hydrogen-bond donors (Lipinski definition) is 0. The number of carbonyl (C=O) groups is 3. The maximum absolute atomic E-state index is 13.4. The van der Waals surface area contributed by atoms with Gasteiger partial charge in [-0.15, -0.1) is 0 Å². The highest BCUT2D eigenvalue weighted by Gasteiger charge is 2.43. The van der Waals surface area contributed by atoms with E-state index in [1.54, 1.807) is 47.2 Å². The van der Waals surface area contributed by atoms with Crippen LogP contribution in [0.3, 0.4) is 0 Å². The third kappa shape index (κ3) is 6.38. The summed E-state index contributed by atoms with van der Waals surface area (Å²) in [4.78, 5) is 44.2. The van der Waals surface area contributed by atoms with E-state index in [-0.39, 0.29) is 29.7 Å². The van der Waals surface area contributed by atoms with Gasteiger partial charge in [0.15, 0.2) is 0 Å². The Hall–Kier alpha value is -2.48.